The molecule has 0 atom stereocenters. The number of imidazole rings is 1. The van der Waals surface area contributed by atoms with Crippen molar-refractivity contribution in [2.45, 2.75) is 13.3 Å². The van der Waals surface area contributed by atoms with Crippen LogP contribution in [0.3, 0.4) is 0 Å². The summed E-state index contributed by atoms with van der Waals surface area (Å²) in [7, 11) is 0. The molecule has 2 aromatic heterocycles. The first kappa shape index (κ1) is 12.4. The lowest BCUT2D eigenvalue weighted by Crippen LogP contribution is -1.94. The molecule has 0 fully saturated rings. The van der Waals surface area contributed by atoms with Crippen LogP contribution < -0.4 is 0 Å². The van der Waals surface area contributed by atoms with Gasteiger partial charge >= 0.3 is 0 Å². The van der Waals surface area contributed by atoms with E-state index in [2.05, 4.69) is 11.1 Å². The molecular formula is C14H11ClN2OS. The quantitative estimate of drug-likeness (QED) is 0.688. The number of halogens is 1. The van der Waals surface area contributed by atoms with Crippen molar-refractivity contribution >= 4 is 34.2 Å². The number of hydrogen-bond donors (Lipinski definition) is 0. The van der Waals surface area contributed by atoms with E-state index >= 15 is 0 Å². The maximum atomic E-state index is 11.0. The molecule has 2 heterocycles. The van der Waals surface area contributed by atoms with Gasteiger partial charge in [0.25, 0.3) is 0 Å². The molecular weight excluding hydrogens is 280 g/mol. The van der Waals surface area contributed by atoms with Crippen LogP contribution in [0.2, 0.25) is 5.02 Å². The number of rotatable bonds is 3. The largest absolute Gasteiger partial charge is 0.296 e. The first-order valence-electron chi connectivity index (χ1n) is 5.84. The van der Waals surface area contributed by atoms with Crippen molar-refractivity contribution in [2.75, 3.05) is 0 Å². The highest BCUT2D eigenvalue weighted by Crippen LogP contribution is 2.26. The molecule has 0 unspecified atom stereocenters. The second-order valence-electron chi connectivity index (χ2n) is 4.34. The lowest BCUT2D eigenvalue weighted by Gasteiger charge is -2.01. The molecule has 3 rings (SSSR count). The number of carbonyl (C=O) groups is 1. The minimum atomic E-state index is 0.598. The van der Waals surface area contributed by atoms with Crippen molar-refractivity contribution in [1.82, 2.24) is 9.38 Å². The normalized spacial score (nSPS) is 11.1. The van der Waals surface area contributed by atoms with Gasteiger partial charge < -0.3 is 0 Å². The smallest absolute Gasteiger partial charge is 0.194 e. The first-order chi connectivity index (χ1) is 9.19. The topological polar surface area (TPSA) is 34.4 Å². The Morgan fingerprint density at radius 3 is 3.05 bits per heavy atom. The predicted molar refractivity (Wildman–Crippen MR) is 77.5 cm³/mol. The Balaban J connectivity index is 2.04. The Labute approximate surface area is 119 Å². The van der Waals surface area contributed by atoms with Crippen LogP contribution in [-0.2, 0) is 6.42 Å². The number of nitrogens with zero attached hydrogens (tertiary/aromatic N) is 2. The Bertz CT molecular complexity index is 760. The summed E-state index contributed by atoms with van der Waals surface area (Å²) in [5.74, 6) is 0. The van der Waals surface area contributed by atoms with E-state index in [1.54, 1.807) is 17.5 Å². The number of carbonyl (C=O) groups excluding carboxylic acids is 1. The number of aromatic nitrogens is 2. The molecule has 0 saturated carbocycles. The van der Waals surface area contributed by atoms with Crippen LogP contribution in [0.5, 0.6) is 0 Å². The summed E-state index contributed by atoms with van der Waals surface area (Å²) in [5, 5.41) is 0.741. The van der Waals surface area contributed by atoms with E-state index in [0.717, 1.165) is 33.9 Å². The second kappa shape index (κ2) is 4.79. The second-order valence-corrected chi connectivity index (χ2v) is 5.83. The highest BCUT2D eigenvalue weighted by Gasteiger charge is 2.13. The van der Waals surface area contributed by atoms with Crippen LogP contribution in [0, 0.1) is 6.92 Å². The molecule has 3 aromatic rings. The fraction of sp³-hybridized carbons (Fsp3) is 0.143. The van der Waals surface area contributed by atoms with Crippen LogP contribution in [0.1, 0.15) is 26.6 Å². The molecule has 1 aromatic carbocycles. The summed E-state index contributed by atoms with van der Waals surface area (Å²) in [6, 6.07) is 7.82. The lowest BCUT2D eigenvalue weighted by molar-refractivity contribution is 0.111. The zero-order valence-corrected chi connectivity index (χ0v) is 11.8. The third-order valence-electron chi connectivity index (χ3n) is 3.08. The maximum Gasteiger partial charge on any atom is 0.194 e. The van der Waals surface area contributed by atoms with Gasteiger partial charge in [-0.05, 0) is 24.6 Å². The Morgan fingerprint density at radius 2 is 2.32 bits per heavy atom. The van der Waals surface area contributed by atoms with E-state index in [-0.39, 0.29) is 0 Å². The highest BCUT2D eigenvalue weighted by atomic mass is 35.5. The average molecular weight is 291 g/mol. The summed E-state index contributed by atoms with van der Waals surface area (Å²) >= 11 is 7.61. The van der Waals surface area contributed by atoms with E-state index in [4.69, 9.17) is 11.6 Å². The van der Waals surface area contributed by atoms with Crippen molar-refractivity contribution in [3.63, 3.8) is 0 Å². The van der Waals surface area contributed by atoms with Crippen LogP contribution >= 0.6 is 22.9 Å². The van der Waals surface area contributed by atoms with Gasteiger partial charge in [0, 0.05) is 22.0 Å². The van der Waals surface area contributed by atoms with Gasteiger partial charge in [-0.2, -0.15) is 0 Å². The maximum absolute atomic E-state index is 11.0. The van der Waals surface area contributed by atoms with Crippen molar-refractivity contribution in [3.05, 3.63) is 57.3 Å². The van der Waals surface area contributed by atoms with Gasteiger partial charge in [0.15, 0.2) is 11.2 Å². The number of aldehydes is 1. The monoisotopic (exact) mass is 290 g/mol. The van der Waals surface area contributed by atoms with Crippen molar-refractivity contribution in [3.8, 4) is 0 Å². The standard InChI is InChI=1S/C14H11ClN2OS/c1-9-13(6-10-3-2-4-11(15)5-10)19-14-16-7-12(8-18)17(9)14/h2-5,7-8H,6H2,1H3. The lowest BCUT2D eigenvalue weighted by atomic mass is 10.1. The predicted octanol–water partition coefficient (Wildman–Crippen LogP) is 3.76. The van der Waals surface area contributed by atoms with Gasteiger partial charge in [0.1, 0.15) is 5.69 Å². The van der Waals surface area contributed by atoms with Gasteiger partial charge in [-0.15, -0.1) is 11.3 Å². The van der Waals surface area contributed by atoms with E-state index < -0.39 is 0 Å². The minimum absolute atomic E-state index is 0.598. The molecule has 3 nitrogen and oxygen atoms in total. The Kier molecular flexibility index (Phi) is 3.12. The molecule has 0 spiro atoms. The van der Waals surface area contributed by atoms with Crippen molar-refractivity contribution in [1.29, 1.82) is 0 Å². The van der Waals surface area contributed by atoms with Crippen molar-refractivity contribution < 1.29 is 4.79 Å². The number of hydrogen-bond acceptors (Lipinski definition) is 3. The zero-order chi connectivity index (χ0) is 13.4. The molecule has 96 valence electrons. The highest BCUT2D eigenvalue weighted by molar-refractivity contribution is 7.17. The van der Waals surface area contributed by atoms with Crippen LogP contribution in [0.25, 0.3) is 4.96 Å². The third kappa shape index (κ3) is 2.17. The summed E-state index contributed by atoms with van der Waals surface area (Å²) in [6.07, 6.45) is 3.25. The van der Waals surface area contributed by atoms with Crippen molar-refractivity contribution in [2.24, 2.45) is 0 Å². The SMILES string of the molecule is Cc1c(Cc2cccc(Cl)c2)sc2ncc(C=O)n12. The van der Waals surface area contributed by atoms with E-state index in [9.17, 15) is 4.79 Å². The van der Waals surface area contributed by atoms with Gasteiger partial charge in [-0.3, -0.25) is 9.20 Å². The van der Waals surface area contributed by atoms with Crippen LogP contribution in [0.15, 0.2) is 30.5 Å². The molecule has 0 saturated heterocycles. The Hall–Kier alpha value is -1.65. The molecule has 0 aliphatic carbocycles. The summed E-state index contributed by atoms with van der Waals surface area (Å²) in [6.45, 7) is 2.01. The summed E-state index contributed by atoms with van der Waals surface area (Å²) < 4.78 is 1.90. The van der Waals surface area contributed by atoms with Gasteiger partial charge in [0.05, 0.1) is 6.20 Å². The van der Waals surface area contributed by atoms with Gasteiger partial charge in [-0.1, -0.05) is 23.7 Å². The fourth-order valence-electron chi connectivity index (χ4n) is 2.14. The summed E-state index contributed by atoms with van der Waals surface area (Å²) in [4.78, 5) is 17.3. The van der Waals surface area contributed by atoms with Gasteiger partial charge in [-0.25, -0.2) is 4.98 Å². The molecule has 0 aliphatic heterocycles. The van der Waals surface area contributed by atoms with E-state index in [1.807, 2.05) is 29.5 Å². The van der Waals surface area contributed by atoms with Crippen LogP contribution in [0.4, 0.5) is 0 Å². The Morgan fingerprint density at radius 1 is 1.47 bits per heavy atom. The van der Waals surface area contributed by atoms with Crippen LogP contribution in [-0.4, -0.2) is 15.7 Å². The van der Waals surface area contributed by atoms with E-state index in [0.29, 0.717) is 5.69 Å². The molecule has 5 heteroatoms. The molecule has 0 radical (unpaired) electrons. The minimum Gasteiger partial charge on any atom is -0.296 e. The molecule has 0 bridgehead atoms. The third-order valence-corrected chi connectivity index (χ3v) is 4.48. The molecule has 0 aliphatic rings. The number of thiazole rings is 1. The molecule has 0 amide bonds. The average Bonchev–Trinajstić information content (AvgIpc) is 2.91. The number of benzene rings is 1. The summed E-state index contributed by atoms with van der Waals surface area (Å²) in [5.41, 5.74) is 2.83. The number of aryl methyl sites for hydroxylation is 1. The zero-order valence-electron chi connectivity index (χ0n) is 10.3. The first-order valence-corrected chi connectivity index (χ1v) is 7.04. The number of fused-ring (bicyclic) bond motifs is 1. The fourth-order valence-corrected chi connectivity index (χ4v) is 3.49. The molecule has 19 heavy (non-hydrogen) atoms. The molecule has 0 N–H and O–H groups in total. The van der Waals surface area contributed by atoms with Gasteiger partial charge in [0.2, 0.25) is 0 Å². The van der Waals surface area contributed by atoms with E-state index in [1.165, 1.54) is 4.88 Å².